The normalized spacial score (nSPS) is 11.4. The molecule has 0 radical (unpaired) electrons. The molecule has 0 saturated carbocycles. The summed E-state index contributed by atoms with van der Waals surface area (Å²) < 4.78 is 10.5. The van der Waals surface area contributed by atoms with Crippen LogP contribution in [0.5, 0.6) is 11.5 Å². The highest BCUT2D eigenvalue weighted by Gasteiger charge is 2.09. The molecule has 0 saturated heterocycles. The number of ether oxygens (including phenoxy) is 2. The van der Waals surface area contributed by atoms with Gasteiger partial charge >= 0.3 is 5.97 Å². The van der Waals surface area contributed by atoms with Gasteiger partial charge in [-0.25, -0.2) is 4.79 Å². The third-order valence-corrected chi connectivity index (χ3v) is 4.68. The van der Waals surface area contributed by atoms with Gasteiger partial charge in [0.1, 0.15) is 11.5 Å². The van der Waals surface area contributed by atoms with E-state index in [1.165, 1.54) is 6.08 Å². The predicted octanol–water partition coefficient (Wildman–Crippen LogP) is 5.56. The molecule has 0 aliphatic rings. The molecule has 3 rings (SSSR count). The average Bonchev–Trinajstić information content (AvgIpc) is 2.79. The summed E-state index contributed by atoms with van der Waals surface area (Å²) in [4.78, 5) is 11.4. The number of carbonyl (C=O) groups excluding carboxylic acids is 1. The van der Waals surface area contributed by atoms with Gasteiger partial charge in [0.25, 0.3) is 0 Å². The first-order chi connectivity index (χ1) is 14.5. The zero-order chi connectivity index (χ0) is 21.5. The molecule has 0 heterocycles. The van der Waals surface area contributed by atoms with Crippen LogP contribution in [0.3, 0.4) is 0 Å². The SMILES string of the molecule is C=CC(=O)Oc1ccc(-c2ccc(-c3ccc(OC(O)C=C)cc3)cc2)c(CC)c1. The molecule has 1 atom stereocenters. The molecule has 0 amide bonds. The Morgan fingerprint density at radius 1 is 0.933 bits per heavy atom. The van der Waals surface area contributed by atoms with Crippen molar-refractivity contribution in [2.45, 2.75) is 19.6 Å². The van der Waals surface area contributed by atoms with E-state index < -0.39 is 12.3 Å². The third kappa shape index (κ3) is 5.04. The summed E-state index contributed by atoms with van der Waals surface area (Å²) in [5.41, 5.74) is 5.41. The van der Waals surface area contributed by atoms with Crippen LogP contribution in [0.4, 0.5) is 0 Å². The molecule has 0 spiro atoms. The molecule has 152 valence electrons. The van der Waals surface area contributed by atoms with Crippen LogP contribution in [0.2, 0.25) is 0 Å². The molecule has 4 heteroatoms. The number of benzene rings is 3. The fraction of sp³-hybridized carbons (Fsp3) is 0.115. The zero-order valence-corrected chi connectivity index (χ0v) is 16.9. The molecule has 0 bridgehead atoms. The second-order valence-corrected chi connectivity index (χ2v) is 6.64. The Balaban J connectivity index is 1.80. The average molecular weight is 400 g/mol. The molecular formula is C26H24O4. The first-order valence-corrected chi connectivity index (χ1v) is 9.69. The lowest BCUT2D eigenvalue weighted by Gasteiger charge is -2.12. The molecule has 1 unspecified atom stereocenters. The first kappa shape index (κ1) is 21.1. The van der Waals surface area contributed by atoms with Crippen LogP contribution < -0.4 is 9.47 Å². The van der Waals surface area contributed by atoms with Crippen molar-refractivity contribution in [3.05, 3.63) is 97.6 Å². The van der Waals surface area contributed by atoms with Gasteiger partial charge in [0, 0.05) is 6.08 Å². The van der Waals surface area contributed by atoms with E-state index in [0.29, 0.717) is 11.5 Å². The Bertz CT molecular complexity index is 1030. The summed E-state index contributed by atoms with van der Waals surface area (Å²) in [5, 5.41) is 9.48. The van der Waals surface area contributed by atoms with E-state index in [4.69, 9.17) is 9.47 Å². The van der Waals surface area contributed by atoms with Crippen molar-refractivity contribution in [3.8, 4) is 33.8 Å². The number of rotatable bonds is 8. The van der Waals surface area contributed by atoms with Crippen molar-refractivity contribution in [2.75, 3.05) is 0 Å². The fourth-order valence-corrected chi connectivity index (χ4v) is 3.12. The Kier molecular flexibility index (Phi) is 6.83. The Morgan fingerprint density at radius 2 is 1.50 bits per heavy atom. The van der Waals surface area contributed by atoms with E-state index >= 15 is 0 Å². The smallest absolute Gasteiger partial charge is 0.335 e. The number of aliphatic hydroxyl groups excluding tert-OH is 1. The van der Waals surface area contributed by atoms with E-state index in [0.717, 1.165) is 40.3 Å². The van der Waals surface area contributed by atoms with Crippen LogP contribution in [0, 0.1) is 0 Å². The summed E-state index contributed by atoms with van der Waals surface area (Å²) in [7, 11) is 0. The quantitative estimate of drug-likeness (QED) is 0.177. The number of aliphatic hydroxyl groups is 1. The largest absolute Gasteiger partial charge is 0.461 e. The standard InChI is InChI=1S/C26H24O4/c1-4-18-17-23(30-26(28)6-3)15-16-24(18)21-9-7-19(8-10-21)20-11-13-22(14-12-20)29-25(27)5-2/h5-17,25,27H,2-4H2,1H3. The first-order valence-electron chi connectivity index (χ1n) is 9.69. The molecule has 0 aliphatic heterocycles. The lowest BCUT2D eigenvalue weighted by atomic mass is 9.95. The van der Waals surface area contributed by atoms with Crippen molar-refractivity contribution in [3.63, 3.8) is 0 Å². The molecule has 0 aromatic heterocycles. The van der Waals surface area contributed by atoms with Crippen LogP contribution >= 0.6 is 0 Å². The second-order valence-electron chi connectivity index (χ2n) is 6.64. The number of hydrogen-bond donors (Lipinski definition) is 1. The van der Waals surface area contributed by atoms with Crippen LogP contribution in [-0.2, 0) is 11.2 Å². The van der Waals surface area contributed by atoms with Crippen LogP contribution in [-0.4, -0.2) is 17.4 Å². The van der Waals surface area contributed by atoms with Gasteiger partial charge in [-0.2, -0.15) is 0 Å². The van der Waals surface area contributed by atoms with Crippen molar-refractivity contribution in [1.29, 1.82) is 0 Å². The van der Waals surface area contributed by atoms with Crippen molar-refractivity contribution in [2.24, 2.45) is 0 Å². The minimum absolute atomic E-state index is 0.468. The summed E-state index contributed by atoms with van der Waals surface area (Å²) in [6.45, 7) is 8.98. The minimum Gasteiger partial charge on any atom is -0.461 e. The highest BCUT2D eigenvalue weighted by molar-refractivity contribution is 5.83. The van der Waals surface area contributed by atoms with Gasteiger partial charge in [-0.3, -0.25) is 0 Å². The maximum atomic E-state index is 11.4. The van der Waals surface area contributed by atoms with Gasteiger partial charge in [0.15, 0.2) is 0 Å². The topological polar surface area (TPSA) is 55.8 Å². The highest BCUT2D eigenvalue weighted by Crippen LogP contribution is 2.30. The van der Waals surface area contributed by atoms with Crippen molar-refractivity contribution in [1.82, 2.24) is 0 Å². The van der Waals surface area contributed by atoms with E-state index in [-0.39, 0.29) is 0 Å². The van der Waals surface area contributed by atoms with E-state index in [1.54, 1.807) is 6.07 Å². The lowest BCUT2D eigenvalue weighted by Crippen LogP contribution is -2.10. The minimum atomic E-state index is -1.02. The fourth-order valence-electron chi connectivity index (χ4n) is 3.12. The zero-order valence-electron chi connectivity index (χ0n) is 16.9. The number of aryl methyl sites for hydroxylation is 1. The van der Waals surface area contributed by atoms with E-state index in [9.17, 15) is 9.90 Å². The summed E-state index contributed by atoms with van der Waals surface area (Å²) in [6, 6.07) is 21.4. The predicted molar refractivity (Wildman–Crippen MR) is 119 cm³/mol. The van der Waals surface area contributed by atoms with E-state index in [1.807, 2.05) is 36.4 Å². The lowest BCUT2D eigenvalue weighted by molar-refractivity contribution is -0.128. The molecule has 30 heavy (non-hydrogen) atoms. The van der Waals surface area contributed by atoms with Crippen molar-refractivity contribution < 1.29 is 19.4 Å². The van der Waals surface area contributed by atoms with Crippen LogP contribution in [0.1, 0.15) is 12.5 Å². The number of hydrogen-bond acceptors (Lipinski definition) is 4. The molecule has 0 fully saturated rings. The highest BCUT2D eigenvalue weighted by atomic mass is 16.6. The van der Waals surface area contributed by atoms with Gasteiger partial charge in [-0.1, -0.05) is 62.5 Å². The van der Waals surface area contributed by atoms with Crippen molar-refractivity contribution >= 4 is 5.97 Å². The maximum absolute atomic E-state index is 11.4. The number of esters is 1. The Hall–Kier alpha value is -3.63. The summed E-state index contributed by atoms with van der Waals surface area (Å²) in [6.07, 6.45) is 2.27. The second kappa shape index (κ2) is 9.72. The molecule has 1 N–H and O–H groups in total. The molecule has 3 aromatic rings. The maximum Gasteiger partial charge on any atom is 0.335 e. The molecule has 0 aliphatic carbocycles. The van der Waals surface area contributed by atoms with Gasteiger partial charge in [0.2, 0.25) is 6.29 Å². The van der Waals surface area contributed by atoms with Gasteiger partial charge in [0.05, 0.1) is 0 Å². The molecule has 4 nitrogen and oxygen atoms in total. The third-order valence-electron chi connectivity index (χ3n) is 4.68. The number of carbonyl (C=O) groups is 1. The van der Waals surface area contributed by atoms with Crippen LogP contribution in [0.25, 0.3) is 22.3 Å². The summed E-state index contributed by atoms with van der Waals surface area (Å²) in [5.74, 6) is 0.623. The van der Waals surface area contributed by atoms with Crippen LogP contribution in [0.15, 0.2) is 92.0 Å². The van der Waals surface area contributed by atoms with Gasteiger partial charge in [-0.05, 0) is 64.6 Å². The van der Waals surface area contributed by atoms with Gasteiger partial charge in [-0.15, -0.1) is 0 Å². The Morgan fingerprint density at radius 3 is 2.07 bits per heavy atom. The Labute approximate surface area is 176 Å². The molecular weight excluding hydrogens is 376 g/mol. The monoisotopic (exact) mass is 400 g/mol. The molecule has 3 aromatic carbocycles. The van der Waals surface area contributed by atoms with E-state index in [2.05, 4.69) is 44.3 Å². The summed E-state index contributed by atoms with van der Waals surface area (Å²) >= 11 is 0. The van der Waals surface area contributed by atoms with Gasteiger partial charge < -0.3 is 14.6 Å².